The summed E-state index contributed by atoms with van der Waals surface area (Å²) >= 11 is 0. The van der Waals surface area contributed by atoms with Crippen LogP contribution in [0.5, 0.6) is 0 Å². The lowest BCUT2D eigenvalue weighted by Crippen LogP contribution is -2.45. The Balaban J connectivity index is 1.18. The summed E-state index contributed by atoms with van der Waals surface area (Å²) in [5.74, 6) is -1.65. The van der Waals surface area contributed by atoms with Gasteiger partial charge in [-0.3, -0.25) is 14.4 Å². The molecule has 0 spiro atoms. The molecule has 310 valence electrons. The summed E-state index contributed by atoms with van der Waals surface area (Å²) in [6, 6.07) is 50.7. The fourth-order valence-corrected chi connectivity index (χ4v) is 6.47. The van der Waals surface area contributed by atoms with E-state index in [1.165, 1.54) is 18.2 Å². The van der Waals surface area contributed by atoms with Gasteiger partial charge in [-0.15, -0.1) is 0 Å². The van der Waals surface area contributed by atoms with Crippen LogP contribution in [-0.4, -0.2) is 49.0 Å². The van der Waals surface area contributed by atoms with E-state index in [-0.39, 0.29) is 62.0 Å². The van der Waals surface area contributed by atoms with E-state index in [1.54, 1.807) is 0 Å². The fourth-order valence-electron chi connectivity index (χ4n) is 6.47. The highest BCUT2D eigenvalue weighted by Crippen LogP contribution is 2.25. The second-order valence-electron chi connectivity index (χ2n) is 14.1. The quantitative estimate of drug-likeness (QED) is 0.0587. The van der Waals surface area contributed by atoms with Gasteiger partial charge in [-0.2, -0.15) is 0 Å². The molecule has 61 heavy (non-hydrogen) atoms. The topological polar surface area (TPSA) is 164 Å². The van der Waals surface area contributed by atoms with Crippen molar-refractivity contribution in [1.29, 1.82) is 0 Å². The van der Waals surface area contributed by atoms with Gasteiger partial charge in [0.15, 0.2) is 0 Å². The average molecular weight is 818 g/mol. The molecule has 0 bridgehead atoms. The third-order valence-electron chi connectivity index (χ3n) is 9.56. The zero-order valence-electron chi connectivity index (χ0n) is 33.4. The van der Waals surface area contributed by atoms with Crippen LogP contribution in [0.4, 0.5) is 21.0 Å². The second-order valence-corrected chi connectivity index (χ2v) is 14.1. The van der Waals surface area contributed by atoms with E-state index < -0.39 is 35.9 Å². The largest absolute Gasteiger partial charge is 0.445 e. The van der Waals surface area contributed by atoms with Gasteiger partial charge in [-0.1, -0.05) is 152 Å². The van der Waals surface area contributed by atoms with Gasteiger partial charge in [0, 0.05) is 48.8 Å². The molecule has 5 amide bonds. The molecule has 0 saturated carbocycles. The highest BCUT2D eigenvalue weighted by atomic mass is 16.6. The number of ether oxygens (including phenoxy) is 2. The minimum atomic E-state index is -1.08. The Hall–Kier alpha value is -7.73. The molecule has 12 nitrogen and oxygen atoms in total. The molecule has 0 saturated heterocycles. The zero-order chi connectivity index (χ0) is 42.7. The van der Waals surface area contributed by atoms with Crippen molar-refractivity contribution in [2.45, 2.75) is 38.0 Å². The van der Waals surface area contributed by atoms with E-state index in [0.29, 0.717) is 0 Å². The summed E-state index contributed by atoms with van der Waals surface area (Å²) in [5, 5.41) is 13.9. The first-order chi connectivity index (χ1) is 29.8. The summed E-state index contributed by atoms with van der Waals surface area (Å²) in [4.78, 5) is 66.4. The van der Waals surface area contributed by atoms with E-state index in [4.69, 9.17) is 9.47 Å². The maximum absolute atomic E-state index is 14.0. The maximum Gasteiger partial charge on any atom is 0.408 e. The molecule has 0 aliphatic rings. The summed E-state index contributed by atoms with van der Waals surface area (Å²) in [7, 11) is 0. The van der Waals surface area contributed by atoms with E-state index in [1.807, 2.05) is 152 Å². The lowest BCUT2D eigenvalue weighted by Gasteiger charge is -2.20. The Morgan fingerprint density at radius 1 is 0.508 bits per heavy atom. The molecule has 12 heteroatoms. The molecule has 0 aliphatic heterocycles. The van der Waals surface area contributed by atoms with Crippen LogP contribution in [0, 0.1) is 0 Å². The van der Waals surface area contributed by atoms with Gasteiger partial charge in [0.1, 0.15) is 19.3 Å². The molecule has 6 aromatic rings. The number of benzene rings is 6. The number of carbonyl (C=O) groups is 5. The first-order valence-electron chi connectivity index (χ1n) is 19.9. The first-order valence-corrected chi connectivity index (χ1v) is 19.9. The Morgan fingerprint density at radius 2 is 0.984 bits per heavy atom. The summed E-state index contributed by atoms with van der Waals surface area (Å²) in [5.41, 5.74) is 4.99. The van der Waals surface area contributed by atoms with Crippen LogP contribution in [0.15, 0.2) is 170 Å². The Labute approximate surface area is 354 Å². The zero-order valence-corrected chi connectivity index (χ0v) is 33.4. The van der Waals surface area contributed by atoms with Crippen molar-refractivity contribution < 1.29 is 33.4 Å². The summed E-state index contributed by atoms with van der Waals surface area (Å²) < 4.78 is 10.7. The molecular formula is C49H47N5O7. The number of anilines is 2. The number of hydrogen-bond donors (Lipinski definition) is 5. The molecule has 0 heterocycles. The third-order valence-corrected chi connectivity index (χ3v) is 9.56. The third kappa shape index (κ3) is 14.0. The smallest absolute Gasteiger partial charge is 0.408 e. The van der Waals surface area contributed by atoms with Crippen LogP contribution < -0.4 is 26.6 Å². The molecule has 5 N–H and O–H groups in total. The number of nitrogens with one attached hydrogen (secondary N) is 5. The van der Waals surface area contributed by atoms with Crippen molar-refractivity contribution in [1.82, 2.24) is 16.0 Å². The molecule has 0 unspecified atom stereocenters. The van der Waals surface area contributed by atoms with Crippen molar-refractivity contribution >= 4 is 41.3 Å². The Kier molecular flexibility index (Phi) is 15.8. The van der Waals surface area contributed by atoms with E-state index in [9.17, 15) is 24.0 Å². The number of hydrogen-bond acceptors (Lipinski definition) is 7. The first kappa shape index (κ1) is 42.9. The second kappa shape index (κ2) is 22.4. The molecule has 1 atom stereocenters. The Bertz CT molecular complexity index is 2310. The van der Waals surface area contributed by atoms with Gasteiger partial charge >= 0.3 is 12.2 Å². The maximum atomic E-state index is 14.0. The minimum absolute atomic E-state index is 0.00631. The van der Waals surface area contributed by atoms with Crippen LogP contribution >= 0.6 is 0 Å². The lowest BCUT2D eigenvalue weighted by atomic mass is 9.91. The molecule has 0 radical (unpaired) electrons. The molecule has 0 fully saturated rings. The van der Waals surface area contributed by atoms with Gasteiger partial charge in [-0.05, 0) is 46.0 Å². The molecule has 6 aromatic carbocycles. The van der Waals surface area contributed by atoms with Gasteiger partial charge in [0.25, 0.3) is 5.91 Å². The molecule has 6 rings (SSSR count). The van der Waals surface area contributed by atoms with Crippen LogP contribution in [-0.2, 0) is 38.7 Å². The summed E-state index contributed by atoms with van der Waals surface area (Å²) in [6.45, 7) is 0.324. The van der Waals surface area contributed by atoms with Crippen molar-refractivity contribution in [2.24, 2.45) is 0 Å². The predicted molar refractivity (Wildman–Crippen MR) is 234 cm³/mol. The van der Waals surface area contributed by atoms with E-state index in [2.05, 4.69) is 26.6 Å². The van der Waals surface area contributed by atoms with Crippen LogP contribution in [0.1, 0.15) is 50.5 Å². The van der Waals surface area contributed by atoms with Crippen molar-refractivity contribution in [3.8, 4) is 0 Å². The molecule has 0 aromatic heterocycles. The van der Waals surface area contributed by atoms with E-state index in [0.717, 1.165) is 27.8 Å². The number of amides is 5. The highest BCUT2D eigenvalue weighted by Gasteiger charge is 2.24. The predicted octanol–water partition coefficient (Wildman–Crippen LogP) is 7.98. The lowest BCUT2D eigenvalue weighted by molar-refractivity contribution is -0.118. The number of rotatable bonds is 18. The SMILES string of the molecule is O=C(CCNC(=O)OCc1ccccc1)Nc1cc(NC(=O)[C@H](Cc2ccccc2)NC(=O)OCc2ccccc2)cc(C(=O)NCC(c2ccccc2)c2ccccc2)c1. The molecule has 0 aliphatic carbocycles. The molecular weight excluding hydrogens is 771 g/mol. The Morgan fingerprint density at radius 3 is 1.52 bits per heavy atom. The van der Waals surface area contributed by atoms with Crippen LogP contribution in [0.3, 0.4) is 0 Å². The monoisotopic (exact) mass is 817 g/mol. The van der Waals surface area contributed by atoms with Gasteiger partial charge < -0.3 is 36.1 Å². The van der Waals surface area contributed by atoms with Crippen molar-refractivity contribution in [3.63, 3.8) is 0 Å². The number of carbonyl (C=O) groups excluding carboxylic acids is 5. The van der Waals surface area contributed by atoms with Crippen molar-refractivity contribution in [2.75, 3.05) is 23.7 Å². The van der Waals surface area contributed by atoms with Crippen molar-refractivity contribution in [3.05, 3.63) is 203 Å². The van der Waals surface area contributed by atoms with E-state index >= 15 is 0 Å². The summed E-state index contributed by atoms with van der Waals surface area (Å²) in [6.07, 6.45) is -1.43. The fraction of sp³-hybridized carbons (Fsp3) is 0.163. The van der Waals surface area contributed by atoms with Gasteiger partial charge in [-0.25, -0.2) is 9.59 Å². The number of alkyl carbamates (subject to hydrolysis) is 2. The van der Waals surface area contributed by atoms with Gasteiger partial charge in [0.2, 0.25) is 11.8 Å². The van der Waals surface area contributed by atoms with Crippen LogP contribution in [0.2, 0.25) is 0 Å². The van der Waals surface area contributed by atoms with Gasteiger partial charge in [0.05, 0.1) is 0 Å². The minimum Gasteiger partial charge on any atom is -0.445 e. The standard InChI is InChI=1S/C49H47N5O7/c55-45(26-27-50-48(58)60-33-36-18-8-2-9-19-36)52-41-29-40(46(56)51-32-43(38-22-12-4-13-23-38)39-24-14-5-15-25-39)30-42(31-41)53-47(57)44(28-35-16-6-1-7-17-35)54-49(59)61-34-37-20-10-3-11-21-37/h1-25,29-31,43-44H,26-28,32-34H2,(H,50,58)(H,51,56)(H,52,55)(H,53,57)(H,54,59)/t44-/m0/s1. The average Bonchev–Trinajstić information content (AvgIpc) is 3.29. The van der Waals surface area contributed by atoms with Crippen LogP contribution in [0.25, 0.3) is 0 Å². The normalized spacial score (nSPS) is 11.1. The highest BCUT2D eigenvalue weighted by molar-refractivity contribution is 6.02.